The summed E-state index contributed by atoms with van der Waals surface area (Å²) in [5.41, 5.74) is 2.23. The van der Waals surface area contributed by atoms with E-state index in [9.17, 15) is 4.79 Å². The fraction of sp³-hybridized carbons (Fsp3) is 0.318. The highest BCUT2D eigenvalue weighted by Crippen LogP contribution is 2.31. The van der Waals surface area contributed by atoms with E-state index in [0.29, 0.717) is 34.4 Å². The SMILES string of the molecule is CN1CCN(CCOc2ccc(C=CC(=O)NO)c(Oc3cccc(Cl)c3)c2)CC1. The van der Waals surface area contributed by atoms with Gasteiger partial charge in [-0.05, 0) is 43.5 Å². The van der Waals surface area contributed by atoms with Gasteiger partial charge < -0.3 is 14.4 Å². The van der Waals surface area contributed by atoms with Gasteiger partial charge in [-0.2, -0.15) is 0 Å². The zero-order chi connectivity index (χ0) is 21.3. The lowest BCUT2D eigenvalue weighted by atomic mass is 10.1. The molecule has 0 radical (unpaired) electrons. The number of ether oxygens (including phenoxy) is 2. The smallest absolute Gasteiger partial charge is 0.267 e. The number of amides is 1. The number of carbonyl (C=O) groups is 1. The first-order chi connectivity index (χ1) is 14.5. The van der Waals surface area contributed by atoms with Gasteiger partial charge in [0.05, 0.1) is 0 Å². The quantitative estimate of drug-likeness (QED) is 0.379. The van der Waals surface area contributed by atoms with Gasteiger partial charge in [0.1, 0.15) is 23.9 Å². The lowest BCUT2D eigenvalue weighted by Gasteiger charge is -2.32. The minimum absolute atomic E-state index is 0.511. The Balaban J connectivity index is 1.69. The van der Waals surface area contributed by atoms with Crippen molar-refractivity contribution < 1.29 is 19.5 Å². The topological polar surface area (TPSA) is 74.3 Å². The van der Waals surface area contributed by atoms with E-state index in [4.69, 9.17) is 26.3 Å². The third kappa shape index (κ3) is 6.74. The molecule has 2 aromatic carbocycles. The summed E-state index contributed by atoms with van der Waals surface area (Å²) < 4.78 is 11.9. The molecule has 7 nitrogen and oxygen atoms in total. The molecule has 2 aromatic rings. The van der Waals surface area contributed by atoms with Gasteiger partial charge >= 0.3 is 0 Å². The molecule has 30 heavy (non-hydrogen) atoms. The van der Waals surface area contributed by atoms with E-state index in [2.05, 4.69) is 16.8 Å². The molecular weight excluding hydrogens is 406 g/mol. The number of nitrogens with one attached hydrogen (secondary N) is 1. The molecule has 1 amide bonds. The number of halogens is 1. The Morgan fingerprint density at radius 1 is 1.17 bits per heavy atom. The van der Waals surface area contributed by atoms with Gasteiger partial charge in [-0.25, -0.2) is 5.48 Å². The molecule has 1 fully saturated rings. The Labute approximate surface area is 181 Å². The molecule has 0 unspecified atom stereocenters. The van der Waals surface area contributed by atoms with Crippen LogP contribution < -0.4 is 15.0 Å². The van der Waals surface area contributed by atoms with Crippen molar-refractivity contribution in [3.8, 4) is 17.2 Å². The van der Waals surface area contributed by atoms with Crippen LogP contribution in [0.1, 0.15) is 5.56 Å². The normalized spacial score (nSPS) is 15.3. The van der Waals surface area contributed by atoms with Crippen molar-refractivity contribution in [2.45, 2.75) is 0 Å². The first-order valence-corrected chi connectivity index (χ1v) is 10.1. The minimum atomic E-state index is -0.629. The highest BCUT2D eigenvalue weighted by atomic mass is 35.5. The molecular formula is C22H26ClN3O4. The maximum absolute atomic E-state index is 11.3. The predicted octanol–water partition coefficient (Wildman–Crippen LogP) is 3.28. The molecule has 8 heteroatoms. The van der Waals surface area contributed by atoms with Crippen LogP contribution in [0.4, 0.5) is 0 Å². The van der Waals surface area contributed by atoms with Crippen LogP contribution in [0.3, 0.4) is 0 Å². The van der Waals surface area contributed by atoms with Crippen molar-refractivity contribution in [1.82, 2.24) is 15.3 Å². The first kappa shape index (κ1) is 22.1. The second-order valence-corrected chi connectivity index (χ2v) is 7.50. The Morgan fingerprint density at radius 2 is 1.97 bits per heavy atom. The molecule has 1 aliphatic rings. The van der Waals surface area contributed by atoms with Crippen LogP contribution in [0.25, 0.3) is 6.08 Å². The lowest BCUT2D eigenvalue weighted by Crippen LogP contribution is -2.45. The Hall–Kier alpha value is -2.58. The van der Waals surface area contributed by atoms with Gasteiger partial charge in [-0.3, -0.25) is 14.9 Å². The van der Waals surface area contributed by atoms with Crippen molar-refractivity contribution in [2.75, 3.05) is 46.4 Å². The highest BCUT2D eigenvalue weighted by molar-refractivity contribution is 6.30. The summed E-state index contributed by atoms with van der Waals surface area (Å²) in [5.74, 6) is 1.12. The summed E-state index contributed by atoms with van der Waals surface area (Å²) in [6, 6.07) is 12.5. The molecule has 0 saturated carbocycles. The zero-order valence-electron chi connectivity index (χ0n) is 16.9. The van der Waals surface area contributed by atoms with E-state index in [1.807, 2.05) is 6.07 Å². The van der Waals surface area contributed by atoms with Crippen molar-refractivity contribution >= 4 is 23.6 Å². The lowest BCUT2D eigenvalue weighted by molar-refractivity contribution is -0.124. The summed E-state index contributed by atoms with van der Waals surface area (Å²) in [5, 5.41) is 9.25. The molecule has 2 N–H and O–H groups in total. The van der Waals surface area contributed by atoms with Crippen molar-refractivity contribution in [1.29, 1.82) is 0 Å². The summed E-state index contributed by atoms with van der Waals surface area (Å²) in [4.78, 5) is 16.0. The number of hydroxylamine groups is 1. The maximum Gasteiger partial charge on any atom is 0.267 e. The van der Waals surface area contributed by atoms with Crippen LogP contribution in [-0.4, -0.2) is 67.3 Å². The van der Waals surface area contributed by atoms with E-state index in [0.717, 1.165) is 32.7 Å². The number of hydrogen-bond donors (Lipinski definition) is 2. The number of benzene rings is 2. The van der Waals surface area contributed by atoms with Crippen molar-refractivity contribution in [3.63, 3.8) is 0 Å². The summed E-state index contributed by atoms with van der Waals surface area (Å²) in [6.45, 7) is 5.65. The molecule has 0 atom stereocenters. The van der Waals surface area contributed by atoms with Crippen LogP contribution in [0.15, 0.2) is 48.5 Å². The number of carbonyl (C=O) groups excluding carboxylic acids is 1. The van der Waals surface area contributed by atoms with Crippen LogP contribution >= 0.6 is 11.6 Å². The molecule has 1 heterocycles. The molecule has 3 rings (SSSR count). The molecule has 0 aliphatic carbocycles. The van der Waals surface area contributed by atoms with Crippen LogP contribution in [0, 0.1) is 0 Å². The Kier molecular flexibility index (Phi) is 8.10. The minimum Gasteiger partial charge on any atom is -0.492 e. The van der Waals surface area contributed by atoms with Gasteiger partial charge in [0.25, 0.3) is 5.91 Å². The van der Waals surface area contributed by atoms with E-state index >= 15 is 0 Å². The number of piperazine rings is 1. The third-order valence-corrected chi connectivity index (χ3v) is 5.04. The number of rotatable bonds is 8. The second-order valence-electron chi connectivity index (χ2n) is 7.06. The molecule has 1 aliphatic heterocycles. The molecule has 0 bridgehead atoms. The monoisotopic (exact) mass is 431 g/mol. The first-order valence-electron chi connectivity index (χ1n) is 9.77. The third-order valence-electron chi connectivity index (χ3n) is 4.81. The van der Waals surface area contributed by atoms with Gasteiger partial charge in [-0.15, -0.1) is 0 Å². The van der Waals surface area contributed by atoms with Gasteiger partial charge in [0.2, 0.25) is 0 Å². The van der Waals surface area contributed by atoms with Crippen LogP contribution in [0.2, 0.25) is 5.02 Å². The second kappa shape index (κ2) is 11.0. The molecule has 160 valence electrons. The molecule has 0 spiro atoms. The van der Waals surface area contributed by atoms with Crippen LogP contribution in [0.5, 0.6) is 17.2 Å². The van der Waals surface area contributed by atoms with E-state index in [-0.39, 0.29) is 0 Å². The molecule has 1 saturated heterocycles. The Bertz CT molecular complexity index is 882. The van der Waals surface area contributed by atoms with E-state index in [1.165, 1.54) is 6.08 Å². The summed E-state index contributed by atoms with van der Waals surface area (Å²) in [6.07, 6.45) is 2.77. The highest BCUT2D eigenvalue weighted by Gasteiger charge is 2.13. The standard InChI is InChI=1S/C22H26ClN3O4/c1-25-9-11-26(12-10-25)13-14-29-19-7-5-17(6-8-22(27)24-28)21(16-19)30-20-4-2-3-18(23)15-20/h2-8,15-16,28H,9-14H2,1H3,(H,24,27). The summed E-state index contributed by atoms with van der Waals surface area (Å²) in [7, 11) is 2.13. The Morgan fingerprint density at radius 3 is 2.70 bits per heavy atom. The summed E-state index contributed by atoms with van der Waals surface area (Å²) >= 11 is 6.05. The fourth-order valence-corrected chi connectivity index (χ4v) is 3.24. The van der Waals surface area contributed by atoms with Crippen molar-refractivity contribution in [3.05, 3.63) is 59.1 Å². The predicted molar refractivity (Wildman–Crippen MR) is 116 cm³/mol. The van der Waals surface area contributed by atoms with Gasteiger partial charge in [0, 0.05) is 55.5 Å². The van der Waals surface area contributed by atoms with Gasteiger partial charge in [-0.1, -0.05) is 17.7 Å². The number of hydrogen-bond acceptors (Lipinski definition) is 6. The zero-order valence-corrected chi connectivity index (χ0v) is 17.6. The number of likely N-dealkylation sites (N-methyl/N-ethyl adjacent to an activating group) is 1. The fourth-order valence-electron chi connectivity index (χ4n) is 3.05. The maximum atomic E-state index is 11.3. The number of nitrogens with zero attached hydrogens (tertiary/aromatic N) is 2. The molecule has 0 aromatic heterocycles. The largest absolute Gasteiger partial charge is 0.492 e. The van der Waals surface area contributed by atoms with Crippen molar-refractivity contribution in [2.24, 2.45) is 0 Å². The van der Waals surface area contributed by atoms with E-state index in [1.54, 1.807) is 48.0 Å². The average molecular weight is 432 g/mol. The van der Waals surface area contributed by atoms with Crippen LogP contribution in [-0.2, 0) is 4.79 Å². The van der Waals surface area contributed by atoms with E-state index < -0.39 is 5.91 Å². The average Bonchev–Trinajstić information content (AvgIpc) is 2.74. The van der Waals surface area contributed by atoms with Gasteiger partial charge in [0.15, 0.2) is 0 Å².